The molecular weight excluding hydrogens is 216 g/mol. The fourth-order valence-electron chi connectivity index (χ4n) is 0.782. The Bertz CT molecular complexity index is 278. The van der Waals surface area contributed by atoms with Gasteiger partial charge >= 0.3 is 11.9 Å². The molecule has 0 amide bonds. The SMILES string of the molecule is CCCC(OC(=O)C(C)=O)OC(=O)C(C)=O. The summed E-state index contributed by atoms with van der Waals surface area (Å²) in [6.07, 6.45) is -0.378. The van der Waals surface area contributed by atoms with Crippen LogP contribution in [0.1, 0.15) is 33.6 Å². The van der Waals surface area contributed by atoms with Crippen molar-refractivity contribution in [2.45, 2.75) is 39.9 Å². The van der Waals surface area contributed by atoms with E-state index in [0.29, 0.717) is 6.42 Å². The summed E-state index contributed by atoms with van der Waals surface area (Å²) < 4.78 is 9.18. The largest absolute Gasteiger partial charge is 0.419 e. The van der Waals surface area contributed by atoms with Gasteiger partial charge in [0.05, 0.1) is 0 Å². The second kappa shape index (κ2) is 6.71. The molecule has 90 valence electrons. The van der Waals surface area contributed by atoms with Crippen LogP contribution in [0, 0.1) is 0 Å². The first-order valence-electron chi connectivity index (χ1n) is 4.81. The number of esters is 2. The van der Waals surface area contributed by atoms with Crippen molar-refractivity contribution >= 4 is 23.5 Å². The molecule has 0 N–H and O–H groups in total. The summed E-state index contributed by atoms with van der Waals surface area (Å²) in [6.45, 7) is 3.85. The van der Waals surface area contributed by atoms with Gasteiger partial charge in [-0.3, -0.25) is 9.59 Å². The average Bonchev–Trinajstić information content (AvgIpc) is 2.17. The van der Waals surface area contributed by atoms with E-state index in [1.807, 2.05) is 0 Å². The zero-order chi connectivity index (χ0) is 12.7. The molecule has 0 aromatic heterocycles. The molecule has 0 heterocycles. The minimum atomic E-state index is -1.18. The lowest BCUT2D eigenvalue weighted by Crippen LogP contribution is -2.29. The maximum absolute atomic E-state index is 10.9. The van der Waals surface area contributed by atoms with Crippen LogP contribution in [0.25, 0.3) is 0 Å². The van der Waals surface area contributed by atoms with Crippen LogP contribution in [-0.4, -0.2) is 29.8 Å². The molecule has 0 aromatic carbocycles. The van der Waals surface area contributed by atoms with Gasteiger partial charge in [0.2, 0.25) is 17.9 Å². The summed E-state index contributed by atoms with van der Waals surface area (Å²) in [5.41, 5.74) is 0. The highest BCUT2D eigenvalue weighted by molar-refractivity contribution is 6.33. The Morgan fingerprint density at radius 2 is 1.31 bits per heavy atom. The Morgan fingerprint density at radius 3 is 1.56 bits per heavy atom. The van der Waals surface area contributed by atoms with Crippen molar-refractivity contribution in [3.8, 4) is 0 Å². The minimum Gasteiger partial charge on any atom is -0.419 e. The third-order valence-corrected chi connectivity index (χ3v) is 1.58. The van der Waals surface area contributed by atoms with Gasteiger partial charge in [0, 0.05) is 20.3 Å². The molecule has 6 heteroatoms. The Hall–Kier alpha value is -1.72. The van der Waals surface area contributed by atoms with Gasteiger partial charge in [-0.2, -0.15) is 0 Å². The van der Waals surface area contributed by atoms with Gasteiger partial charge in [0.25, 0.3) is 0 Å². The van der Waals surface area contributed by atoms with E-state index in [9.17, 15) is 19.2 Å². The van der Waals surface area contributed by atoms with Crippen LogP contribution in [0.4, 0.5) is 0 Å². The van der Waals surface area contributed by atoms with Gasteiger partial charge in [-0.25, -0.2) is 9.59 Å². The maximum atomic E-state index is 10.9. The highest BCUT2D eigenvalue weighted by atomic mass is 16.7. The molecule has 0 aliphatic heterocycles. The first-order chi connectivity index (χ1) is 7.38. The van der Waals surface area contributed by atoms with E-state index in [-0.39, 0.29) is 6.42 Å². The molecule has 0 saturated carbocycles. The molecule has 0 rings (SSSR count). The molecule has 0 bridgehead atoms. The summed E-state index contributed by atoms with van der Waals surface area (Å²) >= 11 is 0. The van der Waals surface area contributed by atoms with Crippen molar-refractivity contribution in [1.29, 1.82) is 0 Å². The van der Waals surface area contributed by atoms with Crippen LogP contribution in [0.15, 0.2) is 0 Å². The van der Waals surface area contributed by atoms with E-state index in [0.717, 1.165) is 13.8 Å². The van der Waals surface area contributed by atoms with Crippen molar-refractivity contribution < 1.29 is 28.7 Å². The van der Waals surface area contributed by atoms with Gasteiger partial charge in [-0.15, -0.1) is 0 Å². The zero-order valence-corrected chi connectivity index (χ0v) is 9.44. The average molecular weight is 230 g/mol. The van der Waals surface area contributed by atoms with Crippen LogP contribution >= 0.6 is 0 Å². The van der Waals surface area contributed by atoms with Crippen LogP contribution in [0.3, 0.4) is 0 Å². The fourth-order valence-corrected chi connectivity index (χ4v) is 0.782. The highest BCUT2D eigenvalue weighted by Gasteiger charge is 2.22. The normalized spacial score (nSPS) is 9.75. The van der Waals surface area contributed by atoms with Gasteiger partial charge in [0.1, 0.15) is 0 Å². The quantitative estimate of drug-likeness (QED) is 0.372. The predicted molar refractivity (Wildman–Crippen MR) is 52.2 cm³/mol. The Morgan fingerprint density at radius 1 is 0.938 bits per heavy atom. The summed E-state index contributed by atoms with van der Waals surface area (Å²) in [7, 11) is 0. The molecule has 0 unspecified atom stereocenters. The summed E-state index contributed by atoms with van der Waals surface area (Å²) in [5, 5.41) is 0. The first kappa shape index (κ1) is 14.3. The molecule has 16 heavy (non-hydrogen) atoms. The van der Waals surface area contributed by atoms with Crippen LogP contribution in [-0.2, 0) is 28.7 Å². The third-order valence-electron chi connectivity index (χ3n) is 1.58. The van der Waals surface area contributed by atoms with Crippen molar-refractivity contribution in [3.05, 3.63) is 0 Å². The molecule has 0 aliphatic rings. The van der Waals surface area contributed by atoms with Crippen LogP contribution in [0.2, 0.25) is 0 Å². The highest BCUT2D eigenvalue weighted by Crippen LogP contribution is 2.05. The molecule has 0 atom stereocenters. The molecule has 0 saturated heterocycles. The van der Waals surface area contributed by atoms with E-state index in [1.54, 1.807) is 6.92 Å². The summed E-state index contributed by atoms with van der Waals surface area (Å²) in [4.78, 5) is 43.1. The monoisotopic (exact) mass is 230 g/mol. The predicted octanol–water partition coefficient (Wildman–Crippen LogP) is 0.377. The number of carbonyl (C=O) groups is 4. The van der Waals surface area contributed by atoms with E-state index in [1.165, 1.54) is 0 Å². The topological polar surface area (TPSA) is 86.7 Å². The van der Waals surface area contributed by atoms with E-state index >= 15 is 0 Å². The lowest BCUT2D eigenvalue weighted by Gasteiger charge is -2.15. The number of carbonyl (C=O) groups excluding carboxylic acids is 4. The van der Waals surface area contributed by atoms with E-state index in [4.69, 9.17) is 0 Å². The minimum absolute atomic E-state index is 0.234. The van der Waals surface area contributed by atoms with Gasteiger partial charge in [-0.05, 0) is 6.42 Å². The van der Waals surface area contributed by atoms with Crippen molar-refractivity contribution in [3.63, 3.8) is 0 Å². The van der Waals surface area contributed by atoms with Gasteiger partial charge in [-0.1, -0.05) is 6.92 Å². The first-order valence-corrected chi connectivity index (χ1v) is 4.81. The summed E-state index contributed by atoms with van der Waals surface area (Å²) in [5.74, 6) is -3.76. The summed E-state index contributed by atoms with van der Waals surface area (Å²) in [6, 6.07) is 0. The van der Waals surface area contributed by atoms with Gasteiger partial charge in [0.15, 0.2) is 0 Å². The number of rotatable bonds is 6. The third kappa shape index (κ3) is 5.23. The maximum Gasteiger partial charge on any atom is 0.377 e. The molecule has 0 radical (unpaired) electrons. The van der Waals surface area contributed by atoms with Crippen LogP contribution in [0.5, 0.6) is 0 Å². The number of hydrogen-bond donors (Lipinski definition) is 0. The smallest absolute Gasteiger partial charge is 0.377 e. The van der Waals surface area contributed by atoms with E-state index in [2.05, 4.69) is 9.47 Å². The lowest BCUT2D eigenvalue weighted by atomic mass is 10.3. The molecule has 0 spiro atoms. The standard InChI is InChI=1S/C10H14O6/c1-4-5-8(15-9(13)6(2)11)16-10(14)7(3)12/h8H,4-5H2,1-3H3. The molecule has 6 nitrogen and oxygen atoms in total. The second-order valence-electron chi connectivity index (χ2n) is 3.14. The van der Waals surface area contributed by atoms with Crippen molar-refractivity contribution in [2.24, 2.45) is 0 Å². The number of Topliss-reactive ketones (excluding diaryl/α,β-unsaturated/α-hetero) is 2. The second-order valence-corrected chi connectivity index (χ2v) is 3.14. The molecule has 0 fully saturated rings. The number of ether oxygens (including phenoxy) is 2. The Kier molecular flexibility index (Phi) is 5.99. The van der Waals surface area contributed by atoms with Crippen molar-refractivity contribution in [1.82, 2.24) is 0 Å². The van der Waals surface area contributed by atoms with Crippen molar-refractivity contribution in [2.75, 3.05) is 0 Å². The van der Waals surface area contributed by atoms with Crippen LogP contribution < -0.4 is 0 Å². The van der Waals surface area contributed by atoms with E-state index < -0.39 is 29.8 Å². The zero-order valence-electron chi connectivity index (χ0n) is 9.44. The fraction of sp³-hybridized carbons (Fsp3) is 0.600. The number of ketones is 2. The number of hydrogen-bond acceptors (Lipinski definition) is 6. The van der Waals surface area contributed by atoms with Gasteiger partial charge < -0.3 is 9.47 Å². The molecule has 0 aromatic rings. The molecule has 0 aliphatic carbocycles. The Labute approximate surface area is 92.9 Å². The lowest BCUT2D eigenvalue weighted by molar-refractivity contribution is -0.190. The Balaban J connectivity index is 4.38. The molecular formula is C10H14O6.